The molecule has 4 heteroatoms. The lowest BCUT2D eigenvalue weighted by Crippen LogP contribution is -2.38. The van der Waals surface area contributed by atoms with Crippen LogP contribution in [0.1, 0.15) is 44.6 Å². The minimum absolute atomic E-state index is 0.108. The first-order valence-electron chi connectivity index (χ1n) is 8.28. The molecule has 22 heavy (non-hydrogen) atoms. The normalized spacial score (nSPS) is 27.1. The number of carbonyl (C=O) groups is 1. The SMILES string of the molecule is CC1C(O)C2(CCCCC2)CN1C(=O)OCc1ccccc1. The molecule has 4 nitrogen and oxygen atoms in total. The average Bonchev–Trinajstić information content (AvgIpc) is 2.80. The number of aliphatic hydroxyl groups is 1. The standard InChI is InChI=1S/C18H25NO3/c1-14-16(20)18(10-6-3-7-11-18)13-19(14)17(21)22-12-15-8-4-2-5-9-15/h2,4-5,8-9,14,16,20H,3,6-7,10-13H2,1H3. The molecular weight excluding hydrogens is 278 g/mol. The molecule has 1 aromatic carbocycles. The molecule has 3 rings (SSSR count). The zero-order chi connectivity index (χ0) is 15.6. The van der Waals surface area contributed by atoms with Crippen LogP contribution >= 0.6 is 0 Å². The number of amides is 1. The molecule has 1 aliphatic heterocycles. The second kappa shape index (κ2) is 6.29. The fourth-order valence-electron chi connectivity index (χ4n) is 4.00. The molecule has 1 amide bonds. The Morgan fingerprint density at radius 2 is 1.95 bits per heavy atom. The zero-order valence-electron chi connectivity index (χ0n) is 13.2. The summed E-state index contributed by atoms with van der Waals surface area (Å²) in [6, 6.07) is 9.53. The minimum atomic E-state index is -0.433. The third-order valence-electron chi connectivity index (χ3n) is 5.35. The van der Waals surface area contributed by atoms with E-state index < -0.39 is 6.10 Å². The lowest BCUT2D eigenvalue weighted by Gasteiger charge is -2.35. The molecule has 1 aromatic rings. The summed E-state index contributed by atoms with van der Waals surface area (Å²) in [6.45, 7) is 2.84. The molecule has 1 saturated carbocycles. The van der Waals surface area contributed by atoms with Crippen molar-refractivity contribution in [3.63, 3.8) is 0 Å². The maximum atomic E-state index is 12.4. The van der Waals surface area contributed by atoms with Gasteiger partial charge in [0.05, 0.1) is 12.1 Å². The van der Waals surface area contributed by atoms with Crippen molar-refractivity contribution in [3.05, 3.63) is 35.9 Å². The number of benzene rings is 1. The topological polar surface area (TPSA) is 49.8 Å². The Hall–Kier alpha value is -1.55. The van der Waals surface area contributed by atoms with Gasteiger partial charge in [-0.2, -0.15) is 0 Å². The van der Waals surface area contributed by atoms with Crippen LogP contribution in [0.25, 0.3) is 0 Å². The van der Waals surface area contributed by atoms with Gasteiger partial charge in [0, 0.05) is 12.0 Å². The van der Waals surface area contributed by atoms with E-state index in [-0.39, 0.29) is 24.2 Å². The summed E-state index contributed by atoms with van der Waals surface area (Å²) in [4.78, 5) is 14.1. The second-order valence-electron chi connectivity index (χ2n) is 6.78. The van der Waals surface area contributed by atoms with Crippen LogP contribution in [-0.4, -0.2) is 34.8 Å². The van der Waals surface area contributed by atoms with Gasteiger partial charge in [0.25, 0.3) is 0 Å². The average molecular weight is 303 g/mol. The first-order valence-corrected chi connectivity index (χ1v) is 8.28. The Bertz CT molecular complexity index is 510. The van der Waals surface area contributed by atoms with Crippen molar-refractivity contribution in [1.82, 2.24) is 4.90 Å². The molecule has 1 spiro atoms. The van der Waals surface area contributed by atoms with E-state index in [2.05, 4.69) is 0 Å². The van der Waals surface area contributed by atoms with Gasteiger partial charge < -0.3 is 14.7 Å². The van der Waals surface area contributed by atoms with E-state index in [0.717, 1.165) is 31.2 Å². The van der Waals surface area contributed by atoms with Crippen molar-refractivity contribution in [2.24, 2.45) is 5.41 Å². The molecule has 1 N–H and O–H groups in total. The van der Waals surface area contributed by atoms with E-state index in [9.17, 15) is 9.90 Å². The van der Waals surface area contributed by atoms with Gasteiger partial charge in [0.2, 0.25) is 0 Å². The van der Waals surface area contributed by atoms with Crippen LogP contribution in [-0.2, 0) is 11.3 Å². The number of carbonyl (C=O) groups excluding carboxylic acids is 1. The summed E-state index contributed by atoms with van der Waals surface area (Å²) < 4.78 is 5.44. The summed E-state index contributed by atoms with van der Waals surface area (Å²) in [5.41, 5.74) is 0.874. The van der Waals surface area contributed by atoms with Crippen LogP contribution in [0.3, 0.4) is 0 Å². The Kier molecular flexibility index (Phi) is 4.39. The van der Waals surface area contributed by atoms with Crippen LogP contribution in [0, 0.1) is 5.41 Å². The van der Waals surface area contributed by atoms with Crippen LogP contribution in [0.15, 0.2) is 30.3 Å². The highest BCUT2D eigenvalue weighted by Gasteiger charge is 2.52. The smallest absolute Gasteiger partial charge is 0.410 e. The van der Waals surface area contributed by atoms with Gasteiger partial charge >= 0.3 is 6.09 Å². The van der Waals surface area contributed by atoms with Gasteiger partial charge in [-0.1, -0.05) is 49.6 Å². The number of hydrogen-bond acceptors (Lipinski definition) is 3. The van der Waals surface area contributed by atoms with Crippen molar-refractivity contribution in [2.75, 3.05) is 6.54 Å². The van der Waals surface area contributed by atoms with Gasteiger partial charge in [-0.25, -0.2) is 4.79 Å². The highest BCUT2D eigenvalue weighted by molar-refractivity contribution is 5.69. The molecule has 1 aliphatic carbocycles. The van der Waals surface area contributed by atoms with Crippen LogP contribution in [0.5, 0.6) is 0 Å². The first kappa shape index (κ1) is 15.3. The Morgan fingerprint density at radius 3 is 2.64 bits per heavy atom. The quantitative estimate of drug-likeness (QED) is 0.911. The van der Waals surface area contributed by atoms with Crippen LogP contribution in [0.4, 0.5) is 4.79 Å². The van der Waals surface area contributed by atoms with E-state index in [0.29, 0.717) is 6.54 Å². The van der Waals surface area contributed by atoms with E-state index >= 15 is 0 Å². The predicted octanol–water partition coefficient (Wildman–Crippen LogP) is 3.34. The summed E-state index contributed by atoms with van der Waals surface area (Å²) in [7, 11) is 0. The van der Waals surface area contributed by atoms with Gasteiger partial charge in [-0.3, -0.25) is 0 Å². The van der Waals surface area contributed by atoms with Crippen molar-refractivity contribution in [2.45, 2.75) is 57.8 Å². The highest BCUT2D eigenvalue weighted by Crippen LogP contribution is 2.46. The fraction of sp³-hybridized carbons (Fsp3) is 0.611. The maximum absolute atomic E-state index is 12.4. The molecular formula is C18H25NO3. The third-order valence-corrected chi connectivity index (χ3v) is 5.35. The fourth-order valence-corrected chi connectivity index (χ4v) is 4.00. The van der Waals surface area contributed by atoms with Crippen molar-refractivity contribution in [1.29, 1.82) is 0 Å². The molecule has 120 valence electrons. The number of aliphatic hydroxyl groups excluding tert-OH is 1. The Morgan fingerprint density at radius 1 is 1.27 bits per heavy atom. The van der Waals surface area contributed by atoms with E-state index in [1.807, 2.05) is 37.3 Å². The monoisotopic (exact) mass is 303 g/mol. The first-order chi connectivity index (χ1) is 10.6. The van der Waals surface area contributed by atoms with Crippen LogP contribution in [0.2, 0.25) is 0 Å². The molecule has 0 radical (unpaired) electrons. The van der Waals surface area contributed by atoms with Gasteiger partial charge in [-0.05, 0) is 25.3 Å². The molecule has 1 heterocycles. The number of likely N-dealkylation sites (tertiary alicyclic amines) is 1. The highest BCUT2D eigenvalue weighted by atomic mass is 16.6. The molecule has 0 bridgehead atoms. The van der Waals surface area contributed by atoms with Crippen LogP contribution < -0.4 is 0 Å². The Balaban J connectivity index is 1.63. The largest absolute Gasteiger partial charge is 0.445 e. The summed E-state index contributed by atoms with van der Waals surface area (Å²) >= 11 is 0. The number of nitrogens with zero attached hydrogens (tertiary/aromatic N) is 1. The van der Waals surface area contributed by atoms with Gasteiger partial charge in [0.15, 0.2) is 0 Å². The van der Waals surface area contributed by atoms with Gasteiger partial charge in [-0.15, -0.1) is 0 Å². The molecule has 1 saturated heterocycles. The van der Waals surface area contributed by atoms with E-state index in [4.69, 9.17) is 4.74 Å². The number of rotatable bonds is 2. The molecule has 2 atom stereocenters. The molecule has 2 fully saturated rings. The number of ether oxygens (including phenoxy) is 1. The summed E-state index contributed by atoms with van der Waals surface area (Å²) in [6.07, 6.45) is 4.83. The van der Waals surface area contributed by atoms with E-state index in [1.165, 1.54) is 6.42 Å². The van der Waals surface area contributed by atoms with Crippen molar-refractivity contribution in [3.8, 4) is 0 Å². The maximum Gasteiger partial charge on any atom is 0.410 e. The van der Waals surface area contributed by atoms with Crippen molar-refractivity contribution >= 4 is 6.09 Å². The second-order valence-corrected chi connectivity index (χ2v) is 6.78. The van der Waals surface area contributed by atoms with Gasteiger partial charge in [0.1, 0.15) is 6.61 Å². The predicted molar refractivity (Wildman–Crippen MR) is 84.3 cm³/mol. The molecule has 0 aromatic heterocycles. The zero-order valence-corrected chi connectivity index (χ0v) is 13.2. The van der Waals surface area contributed by atoms with E-state index in [1.54, 1.807) is 4.90 Å². The third kappa shape index (κ3) is 2.84. The lowest BCUT2D eigenvalue weighted by molar-refractivity contribution is 0.0231. The Labute approximate surface area is 132 Å². The van der Waals surface area contributed by atoms with Crippen molar-refractivity contribution < 1.29 is 14.6 Å². The minimum Gasteiger partial charge on any atom is -0.445 e. The summed E-state index contributed by atoms with van der Waals surface area (Å²) in [5.74, 6) is 0. The summed E-state index contributed by atoms with van der Waals surface area (Å²) in [5, 5.41) is 10.6. The molecule has 2 unspecified atom stereocenters. The number of hydrogen-bond donors (Lipinski definition) is 1. The lowest BCUT2D eigenvalue weighted by atomic mass is 9.71. The molecule has 2 aliphatic rings.